The number of rotatable bonds is 5. The summed E-state index contributed by atoms with van der Waals surface area (Å²) < 4.78 is 0. The summed E-state index contributed by atoms with van der Waals surface area (Å²) in [6.45, 7) is 9.41. The maximum atomic E-state index is 4.27. The molecule has 0 atom stereocenters. The van der Waals surface area contributed by atoms with E-state index >= 15 is 0 Å². The van der Waals surface area contributed by atoms with Crippen molar-refractivity contribution in [1.29, 1.82) is 0 Å². The quantitative estimate of drug-likeness (QED) is 0.865. The minimum Gasteiger partial charge on any atom is -0.370 e. The second-order valence-corrected chi connectivity index (χ2v) is 5.51. The van der Waals surface area contributed by atoms with Gasteiger partial charge in [-0.25, -0.2) is 9.97 Å². The smallest absolute Gasteiger partial charge is 0.135 e. The monoisotopic (exact) mass is 270 g/mol. The first-order chi connectivity index (χ1) is 9.54. The molecule has 4 nitrogen and oxygen atoms in total. The molecule has 0 aliphatic rings. The predicted octanol–water partition coefficient (Wildman–Crippen LogP) is 3.90. The van der Waals surface area contributed by atoms with E-state index in [1.165, 1.54) is 11.1 Å². The van der Waals surface area contributed by atoms with Gasteiger partial charge in [0.2, 0.25) is 0 Å². The van der Waals surface area contributed by atoms with E-state index in [9.17, 15) is 0 Å². The zero-order valence-corrected chi connectivity index (χ0v) is 12.6. The van der Waals surface area contributed by atoms with Gasteiger partial charge in [0.05, 0.1) is 0 Å². The molecule has 0 amide bonds. The third kappa shape index (κ3) is 3.95. The van der Waals surface area contributed by atoms with Crippen molar-refractivity contribution < 1.29 is 0 Å². The van der Waals surface area contributed by atoms with Crippen LogP contribution in [-0.2, 0) is 0 Å². The lowest BCUT2D eigenvalue weighted by molar-refractivity contribution is 0.687. The summed E-state index contributed by atoms with van der Waals surface area (Å²) in [6.07, 6.45) is 1.58. The molecule has 1 heterocycles. The fourth-order valence-electron chi connectivity index (χ4n) is 1.84. The van der Waals surface area contributed by atoms with Crippen LogP contribution in [0, 0.1) is 19.8 Å². The Kier molecular flexibility index (Phi) is 4.56. The van der Waals surface area contributed by atoms with E-state index in [2.05, 4.69) is 66.5 Å². The number of benzene rings is 1. The summed E-state index contributed by atoms with van der Waals surface area (Å²) in [4.78, 5) is 8.50. The summed E-state index contributed by atoms with van der Waals surface area (Å²) in [7, 11) is 0. The molecule has 0 aliphatic heterocycles. The van der Waals surface area contributed by atoms with Crippen molar-refractivity contribution >= 4 is 17.3 Å². The fourth-order valence-corrected chi connectivity index (χ4v) is 1.84. The average Bonchev–Trinajstić information content (AvgIpc) is 2.41. The molecule has 2 N–H and O–H groups in total. The molecular weight excluding hydrogens is 248 g/mol. The first-order valence-corrected chi connectivity index (χ1v) is 6.95. The average molecular weight is 270 g/mol. The second-order valence-electron chi connectivity index (χ2n) is 5.51. The van der Waals surface area contributed by atoms with E-state index in [4.69, 9.17) is 0 Å². The standard InChI is InChI=1S/C16H22N4/c1-11(2)9-17-15-8-16(19-10-18-15)20-14-7-12(3)5-6-13(14)4/h5-8,10-11H,9H2,1-4H3,(H2,17,18,19,20). The lowest BCUT2D eigenvalue weighted by atomic mass is 10.1. The van der Waals surface area contributed by atoms with Crippen LogP contribution in [0.2, 0.25) is 0 Å². The molecule has 0 fully saturated rings. The summed E-state index contributed by atoms with van der Waals surface area (Å²) in [5, 5.41) is 6.66. The SMILES string of the molecule is Cc1ccc(C)c(Nc2cc(NCC(C)C)ncn2)c1. The topological polar surface area (TPSA) is 49.8 Å². The van der Waals surface area contributed by atoms with E-state index in [0.29, 0.717) is 5.92 Å². The van der Waals surface area contributed by atoms with Gasteiger partial charge in [-0.05, 0) is 37.0 Å². The highest BCUT2D eigenvalue weighted by atomic mass is 15.1. The molecule has 1 aromatic carbocycles. The Balaban J connectivity index is 2.13. The molecule has 0 saturated heterocycles. The third-order valence-electron chi connectivity index (χ3n) is 3.01. The molecule has 0 bridgehead atoms. The Hall–Kier alpha value is -2.10. The van der Waals surface area contributed by atoms with Crippen LogP contribution < -0.4 is 10.6 Å². The van der Waals surface area contributed by atoms with Crippen molar-refractivity contribution in [2.45, 2.75) is 27.7 Å². The van der Waals surface area contributed by atoms with Crippen LogP contribution in [0.15, 0.2) is 30.6 Å². The Labute approximate surface area is 120 Å². The van der Waals surface area contributed by atoms with Gasteiger partial charge in [-0.1, -0.05) is 26.0 Å². The predicted molar refractivity (Wildman–Crippen MR) is 84.6 cm³/mol. The van der Waals surface area contributed by atoms with E-state index in [1.54, 1.807) is 6.33 Å². The van der Waals surface area contributed by atoms with Crippen LogP contribution in [0.5, 0.6) is 0 Å². The van der Waals surface area contributed by atoms with Gasteiger partial charge in [-0.15, -0.1) is 0 Å². The van der Waals surface area contributed by atoms with Crippen LogP contribution in [-0.4, -0.2) is 16.5 Å². The number of nitrogens with zero attached hydrogens (tertiary/aromatic N) is 2. The van der Waals surface area contributed by atoms with Crippen LogP contribution in [0.25, 0.3) is 0 Å². The zero-order valence-electron chi connectivity index (χ0n) is 12.6. The van der Waals surface area contributed by atoms with Gasteiger partial charge >= 0.3 is 0 Å². The van der Waals surface area contributed by atoms with Gasteiger partial charge in [0.15, 0.2) is 0 Å². The molecule has 1 aromatic heterocycles. The lowest BCUT2D eigenvalue weighted by Gasteiger charge is -2.12. The largest absolute Gasteiger partial charge is 0.370 e. The number of aromatic nitrogens is 2. The number of hydrogen-bond donors (Lipinski definition) is 2. The highest BCUT2D eigenvalue weighted by molar-refractivity contribution is 5.62. The Morgan fingerprint density at radius 3 is 2.55 bits per heavy atom. The molecule has 0 aliphatic carbocycles. The third-order valence-corrected chi connectivity index (χ3v) is 3.01. The van der Waals surface area contributed by atoms with Gasteiger partial charge < -0.3 is 10.6 Å². The molecule has 20 heavy (non-hydrogen) atoms. The Bertz CT molecular complexity index is 578. The van der Waals surface area contributed by atoms with Gasteiger partial charge in [0, 0.05) is 18.3 Å². The van der Waals surface area contributed by atoms with Crippen LogP contribution in [0.4, 0.5) is 17.3 Å². The minimum absolute atomic E-state index is 0.584. The van der Waals surface area contributed by atoms with Crippen LogP contribution >= 0.6 is 0 Å². The maximum absolute atomic E-state index is 4.27. The molecule has 106 valence electrons. The molecule has 2 rings (SSSR count). The summed E-state index contributed by atoms with van der Waals surface area (Å²) in [5.41, 5.74) is 3.51. The zero-order chi connectivity index (χ0) is 14.5. The van der Waals surface area contributed by atoms with E-state index in [1.807, 2.05) is 6.07 Å². The molecular formula is C16H22N4. The molecule has 4 heteroatoms. The number of aryl methyl sites for hydroxylation is 2. The number of anilines is 3. The van der Waals surface area contributed by atoms with Crippen molar-refractivity contribution in [1.82, 2.24) is 9.97 Å². The summed E-state index contributed by atoms with van der Waals surface area (Å²) >= 11 is 0. The van der Waals surface area contributed by atoms with Crippen LogP contribution in [0.1, 0.15) is 25.0 Å². The Morgan fingerprint density at radius 2 is 1.80 bits per heavy atom. The highest BCUT2D eigenvalue weighted by Crippen LogP contribution is 2.21. The van der Waals surface area contributed by atoms with Crippen molar-refractivity contribution in [2.75, 3.05) is 17.2 Å². The number of hydrogen-bond acceptors (Lipinski definition) is 4. The lowest BCUT2D eigenvalue weighted by Crippen LogP contribution is -2.09. The first kappa shape index (κ1) is 14.3. The number of nitrogens with one attached hydrogen (secondary N) is 2. The van der Waals surface area contributed by atoms with Gasteiger partial charge in [-0.2, -0.15) is 0 Å². The molecule has 0 unspecified atom stereocenters. The van der Waals surface area contributed by atoms with E-state index < -0.39 is 0 Å². The van der Waals surface area contributed by atoms with Crippen molar-refractivity contribution in [2.24, 2.45) is 5.92 Å². The van der Waals surface area contributed by atoms with Gasteiger partial charge in [-0.3, -0.25) is 0 Å². The van der Waals surface area contributed by atoms with Gasteiger partial charge in [0.25, 0.3) is 0 Å². The normalized spacial score (nSPS) is 10.7. The summed E-state index contributed by atoms with van der Waals surface area (Å²) in [6, 6.07) is 8.27. The van der Waals surface area contributed by atoms with Crippen LogP contribution in [0.3, 0.4) is 0 Å². The van der Waals surface area contributed by atoms with E-state index in [0.717, 1.165) is 23.9 Å². The Morgan fingerprint density at radius 1 is 1.05 bits per heavy atom. The van der Waals surface area contributed by atoms with Crippen molar-refractivity contribution in [3.8, 4) is 0 Å². The fraction of sp³-hybridized carbons (Fsp3) is 0.375. The highest BCUT2D eigenvalue weighted by Gasteiger charge is 2.03. The minimum atomic E-state index is 0.584. The molecule has 0 saturated carbocycles. The van der Waals surface area contributed by atoms with E-state index in [-0.39, 0.29) is 0 Å². The van der Waals surface area contributed by atoms with Crippen molar-refractivity contribution in [3.63, 3.8) is 0 Å². The molecule has 0 radical (unpaired) electrons. The maximum Gasteiger partial charge on any atom is 0.135 e. The summed E-state index contributed by atoms with van der Waals surface area (Å²) in [5.74, 6) is 2.24. The molecule has 2 aromatic rings. The molecule has 0 spiro atoms. The van der Waals surface area contributed by atoms with Crippen molar-refractivity contribution in [3.05, 3.63) is 41.7 Å². The first-order valence-electron chi connectivity index (χ1n) is 6.95. The van der Waals surface area contributed by atoms with Gasteiger partial charge in [0.1, 0.15) is 18.0 Å². The second kappa shape index (κ2) is 6.37.